The minimum Gasteiger partial charge on any atom is -0.255 e. The molecule has 2 aromatic heterocycles. The van der Waals surface area contributed by atoms with Crippen molar-refractivity contribution in [3.63, 3.8) is 0 Å². The molecule has 94 valence electrons. The molecular weight excluding hydrogens is 244 g/mol. The van der Waals surface area contributed by atoms with Gasteiger partial charge in [0, 0.05) is 17.0 Å². The molecular formula is C13H16N4S. The first-order valence-electron chi connectivity index (χ1n) is 5.72. The lowest BCUT2D eigenvalue weighted by molar-refractivity contribution is 0.573. The maximum absolute atomic E-state index is 4.49. The highest BCUT2D eigenvalue weighted by molar-refractivity contribution is 7.13. The second kappa shape index (κ2) is 5.27. The smallest absolute Gasteiger partial charge is 0.203 e. The van der Waals surface area contributed by atoms with Crippen LogP contribution in [-0.4, -0.2) is 16.2 Å². The van der Waals surface area contributed by atoms with Crippen molar-refractivity contribution in [2.24, 2.45) is 5.10 Å². The number of nitrogens with zero attached hydrogens (tertiary/aromatic N) is 3. The predicted molar refractivity (Wildman–Crippen MR) is 76.3 cm³/mol. The van der Waals surface area contributed by atoms with Crippen molar-refractivity contribution < 1.29 is 0 Å². The monoisotopic (exact) mass is 260 g/mol. The van der Waals surface area contributed by atoms with E-state index in [0.29, 0.717) is 0 Å². The van der Waals surface area contributed by atoms with Gasteiger partial charge in [0.2, 0.25) is 5.13 Å². The van der Waals surface area contributed by atoms with E-state index in [4.69, 9.17) is 0 Å². The van der Waals surface area contributed by atoms with Crippen LogP contribution in [-0.2, 0) is 5.41 Å². The Morgan fingerprint density at radius 3 is 2.78 bits per heavy atom. The lowest BCUT2D eigenvalue weighted by Gasteiger charge is -2.13. The van der Waals surface area contributed by atoms with Crippen molar-refractivity contribution in [1.82, 2.24) is 9.97 Å². The summed E-state index contributed by atoms with van der Waals surface area (Å²) in [6.45, 7) is 6.43. The van der Waals surface area contributed by atoms with Gasteiger partial charge in [-0.15, -0.1) is 11.3 Å². The van der Waals surface area contributed by atoms with Gasteiger partial charge >= 0.3 is 0 Å². The van der Waals surface area contributed by atoms with E-state index in [1.807, 2.05) is 18.2 Å². The van der Waals surface area contributed by atoms with Crippen LogP contribution in [0.1, 0.15) is 32.2 Å². The van der Waals surface area contributed by atoms with E-state index in [0.717, 1.165) is 16.5 Å². The Kier molecular flexibility index (Phi) is 3.72. The summed E-state index contributed by atoms with van der Waals surface area (Å²) >= 11 is 1.56. The molecule has 0 saturated carbocycles. The molecule has 0 unspecified atom stereocenters. The third-order valence-electron chi connectivity index (χ3n) is 2.32. The maximum atomic E-state index is 4.49. The van der Waals surface area contributed by atoms with Crippen LogP contribution in [0.4, 0.5) is 5.13 Å². The quantitative estimate of drug-likeness (QED) is 0.680. The van der Waals surface area contributed by atoms with Crippen LogP contribution in [0.3, 0.4) is 0 Å². The summed E-state index contributed by atoms with van der Waals surface area (Å²) in [5.41, 5.74) is 4.88. The lowest BCUT2D eigenvalue weighted by atomic mass is 9.93. The molecule has 0 aliphatic rings. The van der Waals surface area contributed by atoms with E-state index in [1.165, 1.54) is 0 Å². The molecule has 0 bridgehead atoms. The Morgan fingerprint density at radius 1 is 1.33 bits per heavy atom. The van der Waals surface area contributed by atoms with Crippen molar-refractivity contribution in [1.29, 1.82) is 0 Å². The average molecular weight is 260 g/mol. The molecule has 0 aromatic carbocycles. The summed E-state index contributed by atoms with van der Waals surface area (Å²) in [5, 5.41) is 6.97. The minimum absolute atomic E-state index is 0.0706. The van der Waals surface area contributed by atoms with E-state index in [9.17, 15) is 0 Å². The van der Waals surface area contributed by atoms with Gasteiger partial charge in [-0.25, -0.2) is 4.98 Å². The van der Waals surface area contributed by atoms with Gasteiger partial charge in [0.15, 0.2) is 0 Å². The maximum Gasteiger partial charge on any atom is 0.203 e. The van der Waals surface area contributed by atoms with Crippen molar-refractivity contribution in [2.45, 2.75) is 26.2 Å². The van der Waals surface area contributed by atoms with Gasteiger partial charge in [0.25, 0.3) is 0 Å². The Hall–Kier alpha value is -1.75. The van der Waals surface area contributed by atoms with Gasteiger partial charge in [-0.1, -0.05) is 26.8 Å². The van der Waals surface area contributed by atoms with Gasteiger partial charge < -0.3 is 0 Å². The third-order valence-corrected chi connectivity index (χ3v) is 3.06. The van der Waals surface area contributed by atoms with Gasteiger partial charge in [0.1, 0.15) is 0 Å². The Balaban J connectivity index is 1.99. The number of rotatable bonds is 3. The predicted octanol–water partition coefficient (Wildman–Crippen LogP) is 3.28. The third kappa shape index (κ3) is 3.37. The number of hydrazone groups is 1. The minimum atomic E-state index is 0.0706. The summed E-state index contributed by atoms with van der Waals surface area (Å²) in [4.78, 5) is 8.63. The van der Waals surface area contributed by atoms with Gasteiger partial charge in [-0.2, -0.15) is 5.10 Å². The average Bonchev–Trinajstić information content (AvgIpc) is 2.79. The standard InChI is InChI=1S/C13H16N4S/c1-13(2,3)11-9-18-12(16-11)17-15-8-10-6-4-5-7-14-10/h4-9H,1-3H3,(H,16,17). The molecule has 18 heavy (non-hydrogen) atoms. The van der Waals surface area contributed by atoms with E-state index >= 15 is 0 Å². The van der Waals surface area contributed by atoms with Crippen LogP contribution in [0.5, 0.6) is 0 Å². The second-order valence-electron chi connectivity index (χ2n) is 4.91. The molecule has 2 rings (SSSR count). The van der Waals surface area contributed by atoms with Gasteiger partial charge in [-0.3, -0.25) is 10.4 Å². The van der Waals surface area contributed by atoms with Crippen LogP contribution in [0.25, 0.3) is 0 Å². The molecule has 0 amide bonds. The second-order valence-corrected chi connectivity index (χ2v) is 5.77. The molecule has 4 nitrogen and oxygen atoms in total. The Morgan fingerprint density at radius 2 is 2.17 bits per heavy atom. The van der Waals surface area contributed by atoms with Crippen LogP contribution >= 0.6 is 11.3 Å². The Labute approximate surface area is 111 Å². The fourth-order valence-corrected chi connectivity index (χ4v) is 2.16. The number of hydrogen-bond acceptors (Lipinski definition) is 5. The zero-order valence-electron chi connectivity index (χ0n) is 10.7. The lowest BCUT2D eigenvalue weighted by Crippen LogP contribution is -2.11. The molecule has 0 spiro atoms. The van der Waals surface area contributed by atoms with E-state index in [2.05, 4.69) is 46.6 Å². The van der Waals surface area contributed by atoms with Gasteiger partial charge in [0.05, 0.1) is 17.6 Å². The number of aromatic nitrogens is 2. The van der Waals surface area contributed by atoms with Crippen LogP contribution in [0.2, 0.25) is 0 Å². The molecule has 1 N–H and O–H groups in total. The topological polar surface area (TPSA) is 50.2 Å². The van der Waals surface area contributed by atoms with Crippen LogP contribution in [0, 0.1) is 0 Å². The van der Waals surface area contributed by atoms with Crippen molar-refractivity contribution in [3.05, 3.63) is 41.2 Å². The summed E-state index contributed by atoms with van der Waals surface area (Å²) in [6, 6.07) is 5.70. The van der Waals surface area contributed by atoms with E-state index < -0.39 is 0 Å². The first kappa shape index (κ1) is 12.7. The number of nitrogens with one attached hydrogen (secondary N) is 1. The fourth-order valence-electron chi connectivity index (χ4n) is 1.28. The van der Waals surface area contributed by atoms with Crippen LogP contribution < -0.4 is 5.43 Å². The molecule has 0 saturated heterocycles. The largest absolute Gasteiger partial charge is 0.255 e. The molecule has 0 aliphatic heterocycles. The summed E-state index contributed by atoms with van der Waals surface area (Å²) in [6.07, 6.45) is 3.42. The van der Waals surface area contributed by atoms with Crippen molar-refractivity contribution >= 4 is 22.7 Å². The summed E-state index contributed by atoms with van der Waals surface area (Å²) in [7, 11) is 0. The molecule has 0 radical (unpaired) electrons. The zero-order valence-corrected chi connectivity index (χ0v) is 11.5. The normalized spacial score (nSPS) is 11.9. The van der Waals surface area contributed by atoms with E-state index in [1.54, 1.807) is 23.7 Å². The van der Waals surface area contributed by atoms with Crippen LogP contribution in [0.15, 0.2) is 34.9 Å². The highest BCUT2D eigenvalue weighted by Gasteiger charge is 2.17. The van der Waals surface area contributed by atoms with Gasteiger partial charge in [-0.05, 0) is 12.1 Å². The number of thiazole rings is 1. The van der Waals surface area contributed by atoms with Crippen molar-refractivity contribution in [3.8, 4) is 0 Å². The highest BCUT2D eigenvalue weighted by atomic mass is 32.1. The molecule has 2 aromatic rings. The van der Waals surface area contributed by atoms with E-state index in [-0.39, 0.29) is 5.41 Å². The number of anilines is 1. The molecule has 5 heteroatoms. The summed E-state index contributed by atoms with van der Waals surface area (Å²) in [5.74, 6) is 0. The highest BCUT2D eigenvalue weighted by Crippen LogP contribution is 2.26. The molecule has 0 aliphatic carbocycles. The number of hydrogen-bond donors (Lipinski definition) is 1. The SMILES string of the molecule is CC(C)(C)c1csc(NN=Cc2ccccn2)n1. The molecule has 0 fully saturated rings. The molecule has 0 atom stereocenters. The summed E-state index contributed by atoms with van der Waals surface area (Å²) < 4.78 is 0. The first-order valence-corrected chi connectivity index (χ1v) is 6.60. The van der Waals surface area contributed by atoms with Crippen molar-refractivity contribution in [2.75, 3.05) is 5.43 Å². The first-order chi connectivity index (χ1) is 8.55. The number of pyridine rings is 1. The fraction of sp³-hybridized carbons (Fsp3) is 0.308. The zero-order chi connectivity index (χ0) is 13.0. The Bertz CT molecular complexity index is 525. The molecule has 2 heterocycles.